The van der Waals surface area contributed by atoms with Gasteiger partial charge in [-0.15, -0.1) is 0 Å². The molecule has 0 aliphatic heterocycles. The number of nitrogens with one attached hydrogen (secondary N) is 1. The number of carboxylic acid groups (broad SMARTS) is 1. The van der Waals surface area contributed by atoms with E-state index < -0.39 is 5.97 Å². The number of nitrogens with zero attached hydrogens (tertiary/aromatic N) is 3. The molecule has 0 bridgehead atoms. The zero-order valence-corrected chi connectivity index (χ0v) is 10.2. The van der Waals surface area contributed by atoms with E-state index in [0.29, 0.717) is 12.3 Å². The first-order chi connectivity index (χ1) is 9.20. The first-order valence-corrected chi connectivity index (χ1v) is 5.46. The number of methoxy groups -OCH3 is 1. The number of hydrogen-bond acceptors (Lipinski definition) is 6. The topological polar surface area (TPSA) is 97.2 Å². The van der Waals surface area contributed by atoms with Crippen LogP contribution >= 0.6 is 0 Å². The molecule has 0 saturated heterocycles. The lowest BCUT2D eigenvalue weighted by molar-refractivity contribution is 0.0697. The second-order valence-corrected chi connectivity index (χ2v) is 3.68. The predicted molar refractivity (Wildman–Crippen MR) is 67.1 cm³/mol. The van der Waals surface area contributed by atoms with Gasteiger partial charge < -0.3 is 15.2 Å². The number of anilines is 1. The van der Waals surface area contributed by atoms with E-state index in [1.807, 2.05) is 6.07 Å². The molecule has 2 N–H and O–H groups in total. The number of rotatable bonds is 5. The molecule has 7 nitrogen and oxygen atoms in total. The van der Waals surface area contributed by atoms with E-state index in [9.17, 15) is 4.79 Å². The van der Waals surface area contributed by atoms with Gasteiger partial charge in [0.15, 0.2) is 0 Å². The third kappa shape index (κ3) is 3.15. The smallest absolute Gasteiger partial charge is 0.341 e. The largest absolute Gasteiger partial charge is 0.495 e. The predicted octanol–water partition coefficient (Wildman–Crippen LogP) is 1.19. The van der Waals surface area contributed by atoms with Crippen LogP contribution < -0.4 is 10.1 Å². The summed E-state index contributed by atoms with van der Waals surface area (Å²) in [4.78, 5) is 22.6. The van der Waals surface area contributed by atoms with Gasteiger partial charge in [-0.2, -0.15) is 0 Å². The molecule has 7 heteroatoms. The molecule has 0 saturated carbocycles. The second-order valence-electron chi connectivity index (χ2n) is 3.68. The van der Waals surface area contributed by atoms with Crippen molar-refractivity contribution in [3.63, 3.8) is 0 Å². The Morgan fingerprint density at radius 3 is 2.95 bits per heavy atom. The average Bonchev–Trinajstić information content (AvgIpc) is 2.45. The van der Waals surface area contributed by atoms with Gasteiger partial charge in [-0.05, 0) is 11.6 Å². The fourth-order valence-corrected chi connectivity index (χ4v) is 1.48. The zero-order valence-electron chi connectivity index (χ0n) is 10.2. The van der Waals surface area contributed by atoms with Gasteiger partial charge in [0, 0.05) is 18.9 Å². The molecule has 0 amide bonds. The van der Waals surface area contributed by atoms with Crippen LogP contribution in [-0.2, 0) is 6.54 Å². The summed E-state index contributed by atoms with van der Waals surface area (Å²) < 4.78 is 5.06. The highest BCUT2D eigenvalue weighted by molar-refractivity contribution is 5.92. The second kappa shape index (κ2) is 5.76. The van der Waals surface area contributed by atoms with Gasteiger partial charge in [-0.1, -0.05) is 0 Å². The van der Waals surface area contributed by atoms with Gasteiger partial charge in [-0.3, -0.25) is 4.98 Å². The summed E-state index contributed by atoms with van der Waals surface area (Å²) in [5, 5.41) is 11.9. The van der Waals surface area contributed by atoms with Gasteiger partial charge in [-0.25, -0.2) is 14.8 Å². The maximum Gasteiger partial charge on any atom is 0.341 e. The summed E-state index contributed by atoms with van der Waals surface area (Å²) >= 11 is 0. The summed E-state index contributed by atoms with van der Waals surface area (Å²) in [7, 11) is 1.56. The first-order valence-electron chi connectivity index (χ1n) is 5.46. The molecule has 0 aliphatic rings. The van der Waals surface area contributed by atoms with Gasteiger partial charge >= 0.3 is 5.97 Å². The van der Waals surface area contributed by atoms with Crippen molar-refractivity contribution in [2.75, 3.05) is 12.4 Å². The van der Waals surface area contributed by atoms with Crippen molar-refractivity contribution in [2.45, 2.75) is 6.54 Å². The highest BCUT2D eigenvalue weighted by Crippen LogP contribution is 2.14. The number of hydrogen-bond donors (Lipinski definition) is 2. The Bertz CT molecular complexity index is 589. The number of aromatic carboxylic acids is 1. The lowest BCUT2D eigenvalue weighted by atomic mass is 10.2. The molecule has 0 spiro atoms. The van der Waals surface area contributed by atoms with Crippen molar-refractivity contribution >= 4 is 11.8 Å². The minimum absolute atomic E-state index is 0.0263. The number of carbonyl (C=O) groups is 1. The lowest BCUT2D eigenvalue weighted by Crippen LogP contribution is -2.09. The quantitative estimate of drug-likeness (QED) is 0.833. The lowest BCUT2D eigenvalue weighted by Gasteiger charge is -2.08. The summed E-state index contributed by atoms with van der Waals surface area (Å²) in [5.41, 5.74) is 0.882. The molecule has 0 fully saturated rings. The van der Waals surface area contributed by atoms with Crippen LogP contribution in [0.4, 0.5) is 5.82 Å². The Balaban J connectivity index is 2.12. The van der Waals surface area contributed by atoms with E-state index in [0.717, 1.165) is 5.56 Å². The van der Waals surface area contributed by atoms with Crippen LogP contribution in [0.15, 0.2) is 31.0 Å². The van der Waals surface area contributed by atoms with Crippen molar-refractivity contribution in [3.05, 3.63) is 42.1 Å². The molecule has 2 aromatic rings. The van der Waals surface area contributed by atoms with Crippen molar-refractivity contribution in [2.24, 2.45) is 0 Å². The summed E-state index contributed by atoms with van der Waals surface area (Å²) in [6, 6.07) is 1.81. The van der Waals surface area contributed by atoms with Gasteiger partial charge in [0.2, 0.25) is 0 Å². The van der Waals surface area contributed by atoms with E-state index in [1.54, 1.807) is 19.5 Å². The van der Waals surface area contributed by atoms with E-state index >= 15 is 0 Å². The standard InChI is InChI=1S/C12H12N4O3/c1-19-9-2-8(3-13-5-9)4-15-11-10(12(17)18)6-14-7-16-11/h2-3,5-7H,4H2,1H3,(H,17,18)(H,14,15,16). The summed E-state index contributed by atoms with van der Waals surface area (Å²) in [5.74, 6) is -0.169. The Hall–Kier alpha value is -2.70. The number of ether oxygens (including phenoxy) is 1. The monoisotopic (exact) mass is 260 g/mol. The number of aromatic nitrogens is 3. The fraction of sp³-hybridized carbons (Fsp3) is 0.167. The molecule has 2 rings (SSSR count). The van der Waals surface area contributed by atoms with Gasteiger partial charge in [0.25, 0.3) is 0 Å². The van der Waals surface area contributed by atoms with Crippen LogP contribution in [0.1, 0.15) is 15.9 Å². The summed E-state index contributed by atoms with van der Waals surface area (Å²) in [6.07, 6.45) is 5.80. The van der Waals surface area contributed by atoms with E-state index in [1.165, 1.54) is 12.5 Å². The summed E-state index contributed by atoms with van der Waals surface area (Å²) in [6.45, 7) is 0.390. The maximum atomic E-state index is 11.0. The Kier molecular flexibility index (Phi) is 3.87. The normalized spacial score (nSPS) is 9.95. The molecule has 0 atom stereocenters. The highest BCUT2D eigenvalue weighted by Gasteiger charge is 2.10. The van der Waals surface area contributed by atoms with Crippen LogP contribution in [0.2, 0.25) is 0 Å². The van der Waals surface area contributed by atoms with Gasteiger partial charge in [0.1, 0.15) is 23.5 Å². The van der Waals surface area contributed by atoms with Crippen LogP contribution in [0.3, 0.4) is 0 Å². The van der Waals surface area contributed by atoms with Gasteiger partial charge in [0.05, 0.1) is 13.3 Å². The Morgan fingerprint density at radius 1 is 1.37 bits per heavy atom. The first kappa shape index (κ1) is 12.7. The average molecular weight is 260 g/mol. The minimum atomic E-state index is -1.08. The van der Waals surface area contributed by atoms with Crippen LogP contribution in [0.25, 0.3) is 0 Å². The molecule has 0 aromatic carbocycles. The zero-order chi connectivity index (χ0) is 13.7. The van der Waals surface area contributed by atoms with Crippen molar-refractivity contribution in [3.8, 4) is 5.75 Å². The maximum absolute atomic E-state index is 11.0. The third-order valence-electron chi connectivity index (χ3n) is 2.41. The molecule has 2 aromatic heterocycles. The van der Waals surface area contributed by atoms with Crippen molar-refractivity contribution in [1.82, 2.24) is 15.0 Å². The Labute approximate surface area is 109 Å². The van der Waals surface area contributed by atoms with Crippen LogP contribution in [0.5, 0.6) is 5.75 Å². The molecule has 98 valence electrons. The van der Waals surface area contributed by atoms with Crippen LogP contribution in [-0.4, -0.2) is 33.1 Å². The SMILES string of the molecule is COc1cncc(CNc2ncncc2C(=O)O)c1. The van der Waals surface area contributed by atoms with E-state index in [2.05, 4.69) is 20.3 Å². The third-order valence-corrected chi connectivity index (χ3v) is 2.41. The highest BCUT2D eigenvalue weighted by atomic mass is 16.5. The van der Waals surface area contributed by atoms with Crippen molar-refractivity contribution < 1.29 is 14.6 Å². The molecular formula is C12H12N4O3. The molecule has 0 aliphatic carbocycles. The molecule has 19 heavy (non-hydrogen) atoms. The molecule has 0 unspecified atom stereocenters. The fourth-order valence-electron chi connectivity index (χ4n) is 1.48. The number of pyridine rings is 1. The van der Waals surface area contributed by atoms with E-state index in [-0.39, 0.29) is 11.4 Å². The van der Waals surface area contributed by atoms with Crippen molar-refractivity contribution in [1.29, 1.82) is 0 Å². The molecule has 2 heterocycles. The number of carboxylic acids is 1. The van der Waals surface area contributed by atoms with E-state index in [4.69, 9.17) is 9.84 Å². The Morgan fingerprint density at radius 2 is 2.21 bits per heavy atom. The minimum Gasteiger partial charge on any atom is -0.495 e. The molecular weight excluding hydrogens is 248 g/mol. The molecule has 0 radical (unpaired) electrons. The van der Waals surface area contributed by atoms with Crippen LogP contribution in [0, 0.1) is 0 Å².